The van der Waals surface area contributed by atoms with Crippen LogP contribution in [0.25, 0.3) is 0 Å². The van der Waals surface area contributed by atoms with Crippen LogP contribution in [0.4, 0.5) is 4.79 Å². The molecule has 3 rings (SSSR count). The van der Waals surface area contributed by atoms with Crippen LogP contribution in [0.3, 0.4) is 0 Å². The van der Waals surface area contributed by atoms with Crippen molar-refractivity contribution in [2.75, 3.05) is 13.7 Å². The first kappa shape index (κ1) is 23.0. The molecule has 1 aromatic carbocycles. The van der Waals surface area contributed by atoms with Crippen LogP contribution in [-0.4, -0.2) is 31.8 Å². The van der Waals surface area contributed by atoms with E-state index in [0.29, 0.717) is 23.8 Å². The summed E-state index contributed by atoms with van der Waals surface area (Å²) in [5, 5.41) is 5.50. The quantitative estimate of drug-likeness (QED) is 0.616. The number of carbonyl (C=O) groups is 2. The molecule has 7 nitrogen and oxygen atoms in total. The average molecular weight is 431 g/mol. The number of ether oxygens (including phenoxy) is 3. The van der Waals surface area contributed by atoms with Gasteiger partial charge < -0.3 is 24.8 Å². The first-order valence-corrected chi connectivity index (χ1v) is 11.3. The second-order valence-corrected chi connectivity index (χ2v) is 8.24. The maximum atomic E-state index is 13.2. The minimum absolute atomic E-state index is 0.0850. The summed E-state index contributed by atoms with van der Waals surface area (Å²) in [5.41, 5.74) is 1.08. The van der Waals surface area contributed by atoms with Gasteiger partial charge in [-0.1, -0.05) is 38.8 Å². The molecule has 2 atom stereocenters. The molecule has 1 aliphatic carbocycles. The Hall–Kier alpha value is -2.70. The van der Waals surface area contributed by atoms with Gasteiger partial charge in [0.05, 0.1) is 19.8 Å². The number of hydrogen-bond acceptors (Lipinski definition) is 5. The zero-order chi connectivity index (χ0) is 22.2. The molecule has 2 aliphatic rings. The summed E-state index contributed by atoms with van der Waals surface area (Å²) in [6.45, 7) is 6.55. The van der Waals surface area contributed by atoms with E-state index in [0.717, 1.165) is 37.7 Å². The minimum Gasteiger partial charge on any atom is -0.493 e. The smallest absolute Gasteiger partial charge is 0.319 e. The number of benzene rings is 1. The minimum atomic E-state index is -0.727. The Morgan fingerprint density at radius 1 is 1.13 bits per heavy atom. The van der Waals surface area contributed by atoms with Crippen molar-refractivity contribution in [3.63, 3.8) is 0 Å². The molecule has 0 unspecified atom stereocenters. The van der Waals surface area contributed by atoms with E-state index in [1.807, 2.05) is 13.0 Å². The molecule has 7 heteroatoms. The average Bonchev–Trinajstić information content (AvgIpc) is 2.73. The molecule has 0 aromatic heterocycles. The summed E-state index contributed by atoms with van der Waals surface area (Å²) in [5.74, 6) is 0.0888. The van der Waals surface area contributed by atoms with Gasteiger partial charge in [-0.3, -0.25) is 4.79 Å². The molecule has 2 amide bonds. The second kappa shape index (κ2) is 11.1. The topological polar surface area (TPSA) is 85.9 Å². The molecular weight excluding hydrogens is 396 g/mol. The van der Waals surface area contributed by atoms with Crippen molar-refractivity contribution in [3.8, 4) is 11.5 Å². The van der Waals surface area contributed by atoms with Crippen LogP contribution in [-0.2, 0) is 9.53 Å². The standard InChI is InChI=1S/C24H34N2O5/c1-4-14-30-19-13-12-17(15-20(19)29-3)22-21(16(2)25-24(28)26-22)23(27)31-18-10-8-6-5-7-9-11-18/h12-13,15,18,21-22H,2,4-11,14H2,1,3H3,(H2,25,26,28)/t21-,22-/m0/s1. The van der Waals surface area contributed by atoms with Gasteiger partial charge >= 0.3 is 12.0 Å². The molecule has 2 fully saturated rings. The van der Waals surface area contributed by atoms with Crippen LogP contribution in [0, 0.1) is 5.92 Å². The lowest BCUT2D eigenvalue weighted by molar-refractivity contribution is -0.155. The zero-order valence-corrected chi connectivity index (χ0v) is 18.6. The van der Waals surface area contributed by atoms with E-state index in [2.05, 4.69) is 17.2 Å². The maximum Gasteiger partial charge on any atom is 0.319 e. The number of nitrogens with one attached hydrogen (secondary N) is 2. The second-order valence-electron chi connectivity index (χ2n) is 8.24. The zero-order valence-electron chi connectivity index (χ0n) is 18.6. The summed E-state index contributed by atoms with van der Waals surface area (Å²) in [4.78, 5) is 25.4. The van der Waals surface area contributed by atoms with Gasteiger partial charge in [-0.05, 0) is 49.8 Å². The molecule has 1 heterocycles. The summed E-state index contributed by atoms with van der Waals surface area (Å²) >= 11 is 0. The highest BCUT2D eigenvalue weighted by atomic mass is 16.5. The lowest BCUT2D eigenvalue weighted by Gasteiger charge is -2.34. The van der Waals surface area contributed by atoms with Crippen molar-refractivity contribution in [3.05, 3.63) is 36.0 Å². The Balaban J connectivity index is 1.81. The first-order valence-electron chi connectivity index (χ1n) is 11.3. The molecule has 31 heavy (non-hydrogen) atoms. The predicted molar refractivity (Wildman–Crippen MR) is 118 cm³/mol. The van der Waals surface area contributed by atoms with Gasteiger partial charge in [0.15, 0.2) is 11.5 Å². The van der Waals surface area contributed by atoms with Crippen LogP contribution in [0.2, 0.25) is 0 Å². The molecule has 1 saturated carbocycles. The van der Waals surface area contributed by atoms with Gasteiger partial charge in [-0.2, -0.15) is 0 Å². The van der Waals surface area contributed by atoms with Crippen molar-refractivity contribution < 1.29 is 23.8 Å². The highest BCUT2D eigenvalue weighted by Gasteiger charge is 2.40. The Bertz CT molecular complexity index is 786. The number of amides is 2. The maximum absolute atomic E-state index is 13.2. The molecule has 0 spiro atoms. The fourth-order valence-electron chi connectivity index (χ4n) is 4.22. The van der Waals surface area contributed by atoms with Crippen LogP contribution in [0.15, 0.2) is 30.5 Å². The van der Waals surface area contributed by atoms with E-state index in [4.69, 9.17) is 14.2 Å². The first-order chi connectivity index (χ1) is 15.0. The fraction of sp³-hybridized carbons (Fsp3) is 0.583. The molecule has 1 aromatic rings. The van der Waals surface area contributed by atoms with E-state index in [1.165, 1.54) is 19.3 Å². The van der Waals surface area contributed by atoms with Crippen molar-refractivity contribution >= 4 is 12.0 Å². The van der Waals surface area contributed by atoms with Gasteiger partial charge in [0.2, 0.25) is 0 Å². The molecule has 2 N–H and O–H groups in total. The van der Waals surface area contributed by atoms with E-state index in [1.54, 1.807) is 19.2 Å². The Morgan fingerprint density at radius 2 is 1.84 bits per heavy atom. The van der Waals surface area contributed by atoms with Gasteiger partial charge in [-0.25, -0.2) is 4.79 Å². The lowest BCUT2D eigenvalue weighted by Crippen LogP contribution is -2.51. The number of rotatable bonds is 7. The van der Waals surface area contributed by atoms with Crippen molar-refractivity contribution in [2.45, 2.75) is 70.4 Å². The molecule has 1 saturated heterocycles. The van der Waals surface area contributed by atoms with Gasteiger partial charge in [0.25, 0.3) is 0 Å². The monoisotopic (exact) mass is 430 g/mol. The Morgan fingerprint density at radius 3 is 2.52 bits per heavy atom. The third-order valence-electron chi connectivity index (χ3n) is 5.87. The largest absolute Gasteiger partial charge is 0.493 e. The van der Waals surface area contributed by atoms with Crippen LogP contribution >= 0.6 is 0 Å². The normalized spacial score (nSPS) is 22.5. The lowest BCUT2D eigenvalue weighted by atomic mass is 9.88. The number of urea groups is 1. The van der Waals surface area contributed by atoms with Gasteiger partial charge in [0, 0.05) is 5.70 Å². The van der Waals surface area contributed by atoms with Crippen LogP contribution < -0.4 is 20.1 Å². The number of esters is 1. The highest BCUT2D eigenvalue weighted by molar-refractivity contribution is 5.85. The van der Waals surface area contributed by atoms with E-state index < -0.39 is 18.0 Å². The molecule has 0 radical (unpaired) electrons. The number of methoxy groups -OCH3 is 1. The summed E-state index contributed by atoms with van der Waals surface area (Å²) in [7, 11) is 1.57. The van der Waals surface area contributed by atoms with Gasteiger partial charge in [0.1, 0.15) is 12.0 Å². The molecule has 0 bridgehead atoms. The number of carbonyl (C=O) groups excluding carboxylic acids is 2. The third-order valence-corrected chi connectivity index (χ3v) is 5.87. The predicted octanol–water partition coefficient (Wildman–Crippen LogP) is 4.62. The van der Waals surface area contributed by atoms with E-state index in [-0.39, 0.29) is 12.1 Å². The number of hydrogen-bond donors (Lipinski definition) is 2. The summed E-state index contributed by atoms with van der Waals surface area (Å²) in [6.07, 6.45) is 8.30. The molecule has 1 aliphatic heterocycles. The third kappa shape index (κ3) is 5.93. The van der Waals surface area contributed by atoms with Crippen LogP contribution in [0.5, 0.6) is 11.5 Å². The summed E-state index contributed by atoms with van der Waals surface area (Å²) in [6, 6.07) is 4.45. The van der Waals surface area contributed by atoms with Crippen LogP contribution in [0.1, 0.15) is 69.9 Å². The Kier molecular flexibility index (Phi) is 8.20. The molecular formula is C24H34N2O5. The Labute approximate surface area is 184 Å². The van der Waals surface area contributed by atoms with Crippen molar-refractivity contribution in [2.24, 2.45) is 5.92 Å². The SMILES string of the molecule is C=C1NC(=O)N[C@@H](c2ccc(OCCC)c(OC)c2)[C@H]1C(=O)OC1CCCCCCC1. The summed E-state index contributed by atoms with van der Waals surface area (Å²) < 4.78 is 17.1. The molecule has 170 valence electrons. The van der Waals surface area contributed by atoms with Crippen molar-refractivity contribution in [1.82, 2.24) is 10.6 Å². The fourth-order valence-corrected chi connectivity index (χ4v) is 4.22. The van der Waals surface area contributed by atoms with E-state index in [9.17, 15) is 9.59 Å². The van der Waals surface area contributed by atoms with Gasteiger partial charge in [-0.15, -0.1) is 0 Å². The van der Waals surface area contributed by atoms with Crippen molar-refractivity contribution in [1.29, 1.82) is 0 Å². The van der Waals surface area contributed by atoms with E-state index >= 15 is 0 Å². The highest BCUT2D eigenvalue weighted by Crippen LogP contribution is 2.36.